The molecule has 2 aliphatic heterocycles. The van der Waals surface area contributed by atoms with E-state index in [2.05, 4.69) is 17.1 Å². The van der Waals surface area contributed by atoms with Gasteiger partial charge in [0.25, 0.3) is 0 Å². The molecule has 30 heavy (non-hydrogen) atoms. The highest BCUT2D eigenvalue weighted by Gasteiger charge is 2.45. The fourth-order valence-electron chi connectivity index (χ4n) is 4.93. The molecule has 0 radical (unpaired) electrons. The van der Waals surface area contributed by atoms with Gasteiger partial charge in [-0.3, -0.25) is 10.2 Å². The van der Waals surface area contributed by atoms with Gasteiger partial charge in [0.1, 0.15) is 18.6 Å². The van der Waals surface area contributed by atoms with Gasteiger partial charge in [-0.2, -0.15) is 4.31 Å². The smallest absolute Gasteiger partial charge is 0.214 e. The summed E-state index contributed by atoms with van der Waals surface area (Å²) in [5, 5.41) is 13.9. The van der Waals surface area contributed by atoms with E-state index in [-0.39, 0.29) is 29.4 Å². The summed E-state index contributed by atoms with van der Waals surface area (Å²) in [7, 11) is -3.16. The summed E-state index contributed by atoms with van der Waals surface area (Å²) in [6, 6.07) is 0. The quantitative estimate of drug-likeness (QED) is 0.292. The van der Waals surface area contributed by atoms with Crippen LogP contribution in [0.15, 0.2) is 0 Å². The van der Waals surface area contributed by atoms with Crippen molar-refractivity contribution in [1.82, 2.24) is 14.5 Å². The van der Waals surface area contributed by atoms with Crippen LogP contribution in [0.5, 0.6) is 0 Å². The minimum Gasteiger partial charge on any atom is -0.379 e. The molecule has 3 rings (SSSR count). The Kier molecular flexibility index (Phi) is 8.86. The van der Waals surface area contributed by atoms with Crippen LogP contribution >= 0.6 is 11.6 Å². The van der Waals surface area contributed by atoms with E-state index in [0.717, 1.165) is 19.3 Å². The molecule has 0 spiro atoms. The van der Waals surface area contributed by atoms with Crippen LogP contribution in [0, 0.1) is 17.8 Å². The van der Waals surface area contributed by atoms with Gasteiger partial charge in [-0.15, -0.1) is 11.6 Å². The van der Waals surface area contributed by atoms with Gasteiger partial charge in [-0.05, 0) is 37.0 Å². The highest BCUT2D eigenvalue weighted by molar-refractivity contribution is 7.89. The summed E-state index contributed by atoms with van der Waals surface area (Å²) in [4.78, 5) is 2.21. The Balaban J connectivity index is 1.33. The summed E-state index contributed by atoms with van der Waals surface area (Å²) in [6.45, 7) is 9.14. The number of sulfonamides is 1. The minimum absolute atomic E-state index is 0.0347. The Labute approximate surface area is 187 Å². The zero-order valence-corrected chi connectivity index (χ0v) is 20.2. The Morgan fingerprint density at radius 3 is 2.50 bits per heavy atom. The van der Waals surface area contributed by atoms with Crippen molar-refractivity contribution in [2.75, 3.05) is 38.5 Å². The fourth-order valence-corrected chi connectivity index (χ4v) is 7.09. The van der Waals surface area contributed by atoms with E-state index >= 15 is 0 Å². The summed E-state index contributed by atoms with van der Waals surface area (Å²) in [5.41, 5.74) is 0. The van der Waals surface area contributed by atoms with E-state index < -0.39 is 16.3 Å². The van der Waals surface area contributed by atoms with Gasteiger partial charge in [-0.1, -0.05) is 33.6 Å². The first-order valence-electron chi connectivity index (χ1n) is 11.6. The number of piperazine rings is 1. The molecule has 1 saturated carbocycles. The van der Waals surface area contributed by atoms with Crippen LogP contribution in [-0.4, -0.2) is 85.1 Å². The van der Waals surface area contributed by atoms with Crippen molar-refractivity contribution in [3.05, 3.63) is 0 Å². The molecule has 1 aliphatic carbocycles. The second kappa shape index (κ2) is 10.8. The molecule has 2 heterocycles. The Morgan fingerprint density at radius 1 is 1.17 bits per heavy atom. The first-order valence-corrected chi connectivity index (χ1v) is 13.6. The minimum atomic E-state index is -3.16. The Bertz CT molecular complexity index is 642. The number of nitrogens with one attached hydrogen (secondary N) is 1. The molecule has 0 bridgehead atoms. The van der Waals surface area contributed by atoms with Crippen LogP contribution in [0.4, 0.5) is 0 Å². The van der Waals surface area contributed by atoms with Gasteiger partial charge in [-0.25, -0.2) is 8.42 Å². The average molecular weight is 466 g/mol. The lowest BCUT2D eigenvalue weighted by atomic mass is 9.79. The van der Waals surface area contributed by atoms with Crippen LogP contribution in [0.25, 0.3) is 0 Å². The molecule has 3 aliphatic rings. The van der Waals surface area contributed by atoms with E-state index in [0.29, 0.717) is 44.6 Å². The Hall–Kier alpha value is 0.0400. The average Bonchev–Trinajstić information content (AvgIpc) is 3.45. The number of aliphatic hydroxyl groups is 1. The van der Waals surface area contributed by atoms with Crippen molar-refractivity contribution in [3.63, 3.8) is 0 Å². The molecule has 0 aromatic rings. The molecule has 7 nitrogen and oxygen atoms in total. The molecule has 0 amide bonds. The van der Waals surface area contributed by atoms with Gasteiger partial charge < -0.3 is 9.84 Å². The normalized spacial score (nSPS) is 33.5. The van der Waals surface area contributed by atoms with Crippen LogP contribution in [0.1, 0.15) is 52.9 Å². The highest BCUT2D eigenvalue weighted by Crippen LogP contribution is 2.34. The van der Waals surface area contributed by atoms with Crippen molar-refractivity contribution in [1.29, 1.82) is 0 Å². The van der Waals surface area contributed by atoms with E-state index in [1.807, 2.05) is 13.8 Å². The van der Waals surface area contributed by atoms with Crippen molar-refractivity contribution in [2.45, 2.75) is 76.8 Å². The lowest BCUT2D eigenvalue weighted by Gasteiger charge is -2.33. The first kappa shape index (κ1) is 24.7. The first-order chi connectivity index (χ1) is 14.2. The maximum Gasteiger partial charge on any atom is 0.214 e. The van der Waals surface area contributed by atoms with Crippen molar-refractivity contribution in [3.8, 4) is 0 Å². The van der Waals surface area contributed by atoms with E-state index in [4.69, 9.17) is 16.3 Å². The van der Waals surface area contributed by atoms with Crippen LogP contribution in [-0.2, 0) is 14.8 Å². The molecule has 2 saturated heterocycles. The number of aliphatic hydroxyl groups excluding tert-OH is 1. The van der Waals surface area contributed by atoms with Gasteiger partial charge in [0, 0.05) is 38.1 Å². The molecule has 9 heteroatoms. The van der Waals surface area contributed by atoms with Crippen molar-refractivity contribution >= 4 is 21.6 Å². The number of halogens is 1. The number of alkyl halides is 1. The standard InChI is InChI=1S/C21H40ClN3O4S/c1-15(2)14-30(27,28)25-9-7-24(8-10-25)21-19(29-21)13-23-20(26)11-16(3)17-5-4-6-18(22)12-17/h15-21,23,26H,4-14H2,1-3H3. The third-order valence-electron chi connectivity index (χ3n) is 6.73. The Morgan fingerprint density at radius 2 is 1.87 bits per heavy atom. The molecule has 3 fully saturated rings. The van der Waals surface area contributed by atoms with E-state index in [9.17, 15) is 13.5 Å². The molecule has 2 N–H and O–H groups in total. The largest absolute Gasteiger partial charge is 0.379 e. The second-order valence-corrected chi connectivity index (χ2v) is 12.5. The maximum absolute atomic E-state index is 12.4. The maximum atomic E-state index is 12.4. The van der Waals surface area contributed by atoms with E-state index in [1.54, 1.807) is 4.31 Å². The van der Waals surface area contributed by atoms with E-state index in [1.165, 1.54) is 12.8 Å². The predicted molar refractivity (Wildman–Crippen MR) is 120 cm³/mol. The SMILES string of the molecule is CC(C)CS(=O)(=O)N1CCN(C2OC2CNC(O)CC(C)C2CCCC(Cl)C2)CC1. The van der Waals surface area contributed by atoms with Gasteiger partial charge in [0.2, 0.25) is 10.0 Å². The summed E-state index contributed by atoms with van der Waals surface area (Å²) in [5.74, 6) is 1.40. The zero-order chi connectivity index (χ0) is 21.9. The summed E-state index contributed by atoms with van der Waals surface area (Å²) < 4.78 is 32.2. The van der Waals surface area contributed by atoms with Crippen molar-refractivity contribution < 1.29 is 18.3 Å². The van der Waals surface area contributed by atoms with Gasteiger partial charge in [0.15, 0.2) is 0 Å². The third-order valence-corrected chi connectivity index (χ3v) is 9.37. The van der Waals surface area contributed by atoms with Crippen molar-refractivity contribution in [2.24, 2.45) is 17.8 Å². The summed E-state index contributed by atoms with van der Waals surface area (Å²) in [6.07, 6.45) is 4.88. The topological polar surface area (TPSA) is 85.4 Å². The number of hydrogen-bond acceptors (Lipinski definition) is 6. The fraction of sp³-hybridized carbons (Fsp3) is 1.00. The second-order valence-electron chi connectivity index (χ2n) is 9.83. The molecule has 0 aromatic heterocycles. The number of hydrogen-bond donors (Lipinski definition) is 2. The number of rotatable bonds is 10. The predicted octanol–water partition coefficient (Wildman–Crippen LogP) is 2.05. The number of epoxide rings is 1. The third kappa shape index (κ3) is 7.02. The van der Waals surface area contributed by atoms with Crippen LogP contribution in [0.2, 0.25) is 0 Å². The summed E-state index contributed by atoms with van der Waals surface area (Å²) >= 11 is 6.31. The molecule has 6 unspecified atom stereocenters. The highest BCUT2D eigenvalue weighted by atomic mass is 35.5. The lowest BCUT2D eigenvalue weighted by Crippen LogP contribution is -2.51. The molecule has 0 aromatic carbocycles. The van der Waals surface area contributed by atoms with Crippen LogP contribution in [0.3, 0.4) is 0 Å². The number of ether oxygens (including phenoxy) is 1. The van der Waals surface area contributed by atoms with Gasteiger partial charge in [0.05, 0.1) is 5.75 Å². The molecular weight excluding hydrogens is 426 g/mol. The van der Waals surface area contributed by atoms with Gasteiger partial charge >= 0.3 is 0 Å². The molecule has 176 valence electrons. The zero-order valence-electron chi connectivity index (χ0n) is 18.7. The lowest BCUT2D eigenvalue weighted by molar-refractivity contribution is 0.0892. The monoisotopic (exact) mass is 465 g/mol. The van der Waals surface area contributed by atoms with Crippen LogP contribution < -0.4 is 5.32 Å². The molecular formula is C21H40ClN3O4S. The number of nitrogens with zero attached hydrogens (tertiary/aromatic N) is 2. The molecule has 6 atom stereocenters.